The van der Waals surface area contributed by atoms with Gasteiger partial charge in [-0.1, -0.05) is 36.1 Å². The van der Waals surface area contributed by atoms with Gasteiger partial charge in [0.1, 0.15) is 0 Å². The van der Waals surface area contributed by atoms with Crippen LogP contribution in [0.15, 0.2) is 108 Å². The summed E-state index contributed by atoms with van der Waals surface area (Å²) in [6, 6.07) is 27.1. The molecule has 1 aliphatic carbocycles. The second-order valence-electron chi connectivity index (χ2n) is 10.6. The molecule has 0 atom stereocenters. The Morgan fingerprint density at radius 3 is 1.93 bits per heavy atom. The highest BCUT2D eigenvalue weighted by Crippen LogP contribution is 2.47. The molecule has 0 amide bonds. The van der Waals surface area contributed by atoms with Gasteiger partial charge in [0.25, 0.3) is 11.4 Å². The van der Waals surface area contributed by atoms with E-state index in [1.165, 1.54) is 24.3 Å². The van der Waals surface area contributed by atoms with Gasteiger partial charge in [-0.2, -0.15) is 4.58 Å². The van der Waals surface area contributed by atoms with Crippen molar-refractivity contribution in [1.82, 2.24) is 9.14 Å². The number of fused-ring (bicyclic) bond motifs is 2. The van der Waals surface area contributed by atoms with Crippen LogP contribution in [0.2, 0.25) is 0 Å². The number of hydrogen-bond donors (Lipinski definition) is 0. The average Bonchev–Trinajstić information content (AvgIpc) is 3.47. The molecule has 2 heterocycles. The Labute approximate surface area is 250 Å². The molecule has 0 fully saturated rings. The number of hydrogen-bond acceptors (Lipinski definition) is 6. The predicted octanol–water partition coefficient (Wildman–Crippen LogP) is 6.17. The van der Waals surface area contributed by atoms with Crippen LogP contribution in [0.1, 0.15) is 23.7 Å². The first kappa shape index (κ1) is 26.7. The number of carbonyl (C=O) groups excluding carboxylic acids is 1. The molecular weight excluding hydrogens is 560 g/mol. The summed E-state index contributed by atoms with van der Waals surface area (Å²) in [5.74, 6) is -0.723. The number of Topliss-reactive ketones (excluding diaryl/α,β-unsaturated/α-hetero) is 1. The fourth-order valence-electron chi connectivity index (χ4n) is 6.33. The molecule has 44 heavy (non-hydrogen) atoms. The predicted molar refractivity (Wildman–Crippen MR) is 165 cm³/mol. The fraction of sp³-hybridized carbons (Fsp3) is 0.0588. The minimum absolute atomic E-state index is 0.0377. The zero-order chi connectivity index (χ0) is 30.9. The molecule has 0 N–H and O–H groups in total. The number of nitro groups is 2. The zero-order valence-corrected chi connectivity index (χ0v) is 23.5. The maximum atomic E-state index is 14.0. The molecule has 214 valence electrons. The number of benzene rings is 4. The highest BCUT2D eigenvalue weighted by atomic mass is 16.6. The van der Waals surface area contributed by atoms with Crippen molar-refractivity contribution in [1.29, 1.82) is 0 Å². The smallest absolute Gasteiger partial charge is 0.269 e. The molecule has 0 unspecified atom stereocenters. The van der Waals surface area contributed by atoms with Crippen LogP contribution in [0, 0.1) is 27.2 Å². The van der Waals surface area contributed by atoms with E-state index in [2.05, 4.69) is 0 Å². The Balaban J connectivity index is 1.41. The summed E-state index contributed by atoms with van der Waals surface area (Å²) in [7, 11) is 0. The molecule has 0 spiro atoms. The van der Waals surface area contributed by atoms with Gasteiger partial charge in [-0.3, -0.25) is 25.0 Å². The summed E-state index contributed by atoms with van der Waals surface area (Å²) < 4.78 is 3.79. The largest absolute Gasteiger partial charge is 0.871 e. The lowest BCUT2D eigenvalue weighted by atomic mass is 9.78. The average molecular weight is 583 g/mol. The van der Waals surface area contributed by atoms with Crippen LogP contribution in [0.4, 0.5) is 22.7 Å². The zero-order valence-electron chi connectivity index (χ0n) is 23.5. The van der Waals surface area contributed by atoms with Gasteiger partial charge in [0.2, 0.25) is 11.4 Å². The molecule has 0 saturated heterocycles. The van der Waals surface area contributed by atoms with Gasteiger partial charge in [0.05, 0.1) is 26.5 Å². The molecule has 4 aromatic carbocycles. The van der Waals surface area contributed by atoms with Gasteiger partial charge in [-0.15, -0.1) is 0 Å². The normalized spacial score (nSPS) is 16.0. The van der Waals surface area contributed by atoms with E-state index in [1.54, 1.807) is 24.3 Å². The number of nitrogens with zero attached hydrogens (tertiary/aromatic N) is 4. The second-order valence-corrected chi connectivity index (χ2v) is 10.6. The summed E-state index contributed by atoms with van der Waals surface area (Å²) in [6.07, 6.45) is 0. The van der Waals surface area contributed by atoms with Gasteiger partial charge < -0.3 is 9.67 Å². The standard InChI is InChI=1S/C34H22N4O6/c1-19-29(25-7-3-5-9-27(25)35(19)21-11-15-23(16-12-21)37(41)42)31-33(39)32(34(31)40)30-20(2)36(28-10-6-4-8-26(28)30)22-13-17-24(18-14-22)38(43)44/h3-18H,1-2H3. The van der Waals surface area contributed by atoms with E-state index in [0.29, 0.717) is 33.9 Å². The lowest BCUT2D eigenvalue weighted by Gasteiger charge is -2.32. The minimum atomic E-state index is -0.463. The van der Waals surface area contributed by atoms with Gasteiger partial charge in [-0.05, 0) is 31.2 Å². The Morgan fingerprint density at radius 2 is 1.30 bits per heavy atom. The van der Waals surface area contributed by atoms with E-state index in [1.807, 2.05) is 71.5 Å². The third kappa shape index (κ3) is 3.74. The molecule has 0 saturated carbocycles. The van der Waals surface area contributed by atoms with Crippen molar-refractivity contribution in [3.63, 3.8) is 0 Å². The molecule has 5 aromatic rings. The minimum Gasteiger partial charge on any atom is -0.871 e. The number of para-hydroxylation sites is 2. The lowest BCUT2D eigenvalue weighted by Crippen LogP contribution is -2.31. The highest BCUT2D eigenvalue weighted by Gasteiger charge is 2.42. The van der Waals surface area contributed by atoms with Crippen molar-refractivity contribution in [2.75, 3.05) is 0 Å². The summed E-state index contributed by atoms with van der Waals surface area (Å²) in [5.41, 5.74) is 6.12. The summed E-state index contributed by atoms with van der Waals surface area (Å²) in [4.78, 5) is 35.5. The molecule has 0 radical (unpaired) electrons. The topological polar surface area (TPSA) is 134 Å². The Bertz CT molecular complexity index is 2200. The van der Waals surface area contributed by atoms with E-state index >= 15 is 0 Å². The van der Waals surface area contributed by atoms with Crippen LogP contribution in [-0.4, -0.2) is 25.9 Å². The lowest BCUT2D eigenvalue weighted by molar-refractivity contribution is -0.385. The highest BCUT2D eigenvalue weighted by molar-refractivity contribution is 6.47. The molecule has 2 aliphatic rings. The number of allylic oxidation sites excluding steroid dienone is 3. The van der Waals surface area contributed by atoms with Gasteiger partial charge >= 0.3 is 0 Å². The van der Waals surface area contributed by atoms with Crippen molar-refractivity contribution in [2.24, 2.45) is 0 Å². The van der Waals surface area contributed by atoms with Crippen molar-refractivity contribution in [3.05, 3.63) is 145 Å². The molecule has 0 bridgehead atoms. The van der Waals surface area contributed by atoms with Crippen LogP contribution in [-0.2, 0) is 4.79 Å². The summed E-state index contributed by atoms with van der Waals surface area (Å²) >= 11 is 0. The van der Waals surface area contributed by atoms with E-state index < -0.39 is 9.85 Å². The third-order valence-electron chi connectivity index (χ3n) is 8.27. The second kappa shape index (κ2) is 9.70. The van der Waals surface area contributed by atoms with Crippen molar-refractivity contribution in [2.45, 2.75) is 13.8 Å². The molecule has 10 heteroatoms. The number of nitro benzene ring substituents is 2. The van der Waals surface area contributed by atoms with Crippen molar-refractivity contribution < 1.29 is 19.7 Å². The van der Waals surface area contributed by atoms with Crippen LogP contribution in [0.25, 0.3) is 27.7 Å². The van der Waals surface area contributed by atoms with E-state index in [4.69, 9.17) is 0 Å². The first-order chi connectivity index (χ1) is 21.2. The van der Waals surface area contributed by atoms with Gasteiger partial charge in [0.15, 0.2) is 11.5 Å². The van der Waals surface area contributed by atoms with Crippen LogP contribution in [0.5, 0.6) is 0 Å². The number of non-ortho nitro benzene ring substituents is 2. The SMILES string of the molecule is CC1=[N+](c2ccc([N+](=O)[O-])cc2)c2ccccc2C1=C1C(=O)C(c2c(C)n(-c3ccc([N+](=O)[O-])cc3)c3ccccc23)=C1[O-]. The summed E-state index contributed by atoms with van der Waals surface area (Å²) in [5, 5.41) is 37.2. The molecule has 1 aromatic heterocycles. The van der Waals surface area contributed by atoms with Crippen LogP contribution < -0.4 is 9.68 Å². The maximum absolute atomic E-state index is 14.0. The molecule has 1 aliphatic heterocycles. The molecule has 10 nitrogen and oxygen atoms in total. The number of carbonyl (C=O) groups is 1. The first-order valence-corrected chi connectivity index (χ1v) is 13.7. The molecule has 7 rings (SSSR count). The van der Waals surface area contributed by atoms with E-state index in [-0.39, 0.29) is 34.1 Å². The van der Waals surface area contributed by atoms with Gasteiger partial charge in [-0.25, -0.2) is 0 Å². The monoisotopic (exact) mass is 582 g/mol. The fourth-order valence-corrected chi connectivity index (χ4v) is 6.33. The van der Waals surface area contributed by atoms with Crippen molar-refractivity contribution >= 4 is 56.3 Å². The van der Waals surface area contributed by atoms with Crippen LogP contribution in [0.3, 0.4) is 0 Å². The summed E-state index contributed by atoms with van der Waals surface area (Å²) in [6.45, 7) is 3.65. The first-order valence-electron chi connectivity index (χ1n) is 13.7. The molecular formula is C34H22N4O6. The quantitative estimate of drug-likeness (QED) is 0.105. The van der Waals surface area contributed by atoms with E-state index in [9.17, 15) is 30.1 Å². The Hall–Kier alpha value is -6.16. The third-order valence-corrected chi connectivity index (χ3v) is 8.27. The number of rotatable bonds is 5. The van der Waals surface area contributed by atoms with Crippen LogP contribution >= 0.6 is 0 Å². The maximum Gasteiger partial charge on any atom is 0.269 e. The number of aromatic nitrogens is 1. The van der Waals surface area contributed by atoms with Crippen molar-refractivity contribution in [3.8, 4) is 5.69 Å². The number of ketones is 1. The van der Waals surface area contributed by atoms with E-state index in [0.717, 1.165) is 22.2 Å². The van der Waals surface area contributed by atoms with Gasteiger partial charge in [0, 0.05) is 82.9 Å². The Kier molecular flexibility index (Phi) is 5.89. The Morgan fingerprint density at radius 1 is 0.705 bits per heavy atom.